The van der Waals surface area contributed by atoms with Crippen LogP contribution in [0, 0.1) is 0 Å². The van der Waals surface area contributed by atoms with E-state index in [1.54, 1.807) is 24.3 Å². The molecule has 0 saturated heterocycles. The molecule has 0 aliphatic heterocycles. The van der Waals surface area contributed by atoms with Crippen LogP contribution in [-0.2, 0) is 15.8 Å². The predicted molar refractivity (Wildman–Crippen MR) is 97.6 cm³/mol. The zero-order valence-electron chi connectivity index (χ0n) is 13.4. The highest BCUT2D eigenvalue weighted by Gasteiger charge is 2.15. The van der Waals surface area contributed by atoms with Crippen molar-refractivity contribution >= 4 is 21.6 Å². The molecule has 0 amide bonds. The third-order valence-corrected chi connectivity index (χ3v) is 5.57. The molecule has 0 spiro atoms. The Labute approximate surface area is 148 Å². The molecule has 0 heterocycles. The van der Waals surface area contributed by atoms with Crippen molar-refractivity contribution in [3.63, 3.8) is 0 Å². The van der Waals surface area contributed by atoms with Crippen LogP contribution in [0.25, 0.3) is 0 Å². The van der Waals surface area contributed by atoms with E-state index >= 15 is 0 Å². The molecule has 6 heteroatoms. The molecule has 2 aromatic carbocycles. The Morgan fingerprint density at radius 1 is 1.00 bits per heavy atom. The zero-order chi connectivity index (χ0) is 17.4. The molecule has 0 aliphatic rings. The van der Waals surface area contributed by atoms with Gasteiger partial charge in [-0.05, 0) is 36.0 Å². The smallest absolute Gasteiger partial charge is 0.215 e. The Kier molecular flexibility index (Phi) is 7.24. The van der Waals surface area contributed by atoms with Crippen molar-refractivity contribution in [2.75, 3.05) is 13.2 Å². The Morgan fingerprint density at radius 2 is 1.67 bits per heavy atom. The van der Waals surface area contributed by atoms with Crippen LogP contribution in [-0.4, -0.2) is 26.7 Å². The Bertz CT molecular complexity index is 735. The van der Waals surface area contributed by atoms with Crippen molar-refractivity contribution in [2.45, 2.75) is 24.5 Å². The van der Waals surface area contributed by atoms with E-state index in [1.165, 1.54) is 0 Å². The summed E-state index contributed by atoms with van der Waals surface area (Å²) < 4.78 is 27.0. The third-order valence-electron chi connectivity index (χ3n) is 3.87. The zero-order valence-corrected chi connectivity index (χ0v) is 14.9. The van der Waals surface area contributed by atoms with Crippen LogP contribution in [0.2, 0.25) is 5.02 Å². The van der Waals surface area contributed by atoms with Crippen molar-refractivity contribution < 1.29 is 13.5 Å². The standard InChI is InChI=1S/C18H22ClNO3S/c19-18-9-5-4-8-17(18)14-24(22,23)20-12-10-16(11-13-21)15-6-2-1-3-7-15/h1-9,16,20-21H,10-14H2. The molecule has 2 rings (SSSR count). The molecule has 24 heavy (non-hydrogen) atoms. The van der Waals surface area contributed by atoms with Crippen molar-refractivity contribution in [1.29, 1.82) is 0 Å². The monoisotopic (exact) mass is 367 g/mol. The number of nitrogens with one attached hydrogen (secondary N) is 1. The molecule has 0 fully saturated rings. The summed E-state index contributed by atoms with van der Waals surface area (Å²) in [7, 11) is -3.45. The minimum atomic E-state index is -3.45. The second-order valence-electron chi connectivity index (χ2n) is 5.65. The van der Waals surface area contributed by atoms with Crippen molar-refractivity contribution in [3.8, 4) is 0 Å². The van der Waals surface area contributed by atoms with Crippen molar-refractivity contribution in [1.82, 2.24) is 4.72 Å². The van der Waals surface area contributed by atoms with Gasteiger partial charge in [-0.2, -0.15) is 0 Å². The van der Waals surface area contributed by atoms with Gasteiger partial charge < -0.3 is 5.11 Å². The maximum atomic E-state index is 12.2. The van der Waals surface area contributed by atoms with Gasteiger partial charge in [0.05, 0.1) is 5.75 Å². The van der Waals surface area contributed by atoms with E-state index in [2.05, 4.69) is 4.72 Å². The number of hydrogen-bond donors (Lipinski definition) is 2. The number of benzene rings is 2. The average molecular weight is 368 g/mol. The highest BCUT2D eigenvalue weighted by molar-refractivity contribution is 7.88. The van der Waals surface area contributed by atoms with E-state index in [-0.39, 0.29) is 18.3 Å². The van der Waals surface area contributed by atoms with Gasteiger partial charge in [0, 0.05) is 18.2 Å². The Hall–Kier alpha value is -1.40. The largest absolute Gasteiger partial charge is 0.396 e. The van der Waals surface area contributed by atoms with Gasteiger partial charge in [-0.25, -0.2) is 13.1 Å². The summed E-state index contributed by atoms with van der Waals surface area (Å²) in [4.78, 5) is 0. The molecule has 1 atom stereocenters. The minimum absolute atomic E-state index is 0.0753. The fourth-order valence-corrected chi connectivity index (χ4v) is 4.09. The molecule has 0 radical (unpaired) electrons. The van der Waals surface area contributed by atoms with E-state index in [9.17, 15) is 13.5 Å². The van der Waals surface area contributed by atoms with Crippen LogP contribution in [0.1, 0.15) is 29.9 Å². The van der Waals surface area contributed by atoms with Crippen molar-refractivity contribution in [3.05, 3.63) is 70.7 Å². The predicted octanol–water partition coefficient (Wildman–Crippen LogP) is 3.32. The molecule has 0 aromatic heterocycles. The van der Waals surface area contributed by atoms with Crippen LogP contribution < -0.4 is 4.72 Å². The number of hydrogen-bond acceptors (Lipinski definition) is 3. The summed E-state index contributed by atoms with van der Waals surface area (Å²) in [5.41, 5.74) is 1.69. The van der Waals surface area contributed by atoms with Gasteiger partial charge in [-0.15, -0.1) is 0 Å². The second kappa shape index (κ2) is 9.18. The number of rotatable bonds is 9. The first kappa shape index (κ1) is 18.9. The number of halogens is 1. The van der Waals surface area contributed by atoms with E-state index < -0.39 is 10.0 Å². The molecule has 130 valence electrons. The second-order valence-corrected chi connectivity index (χ2v) is 7.87. The quantitative estimate of drug-likeness (QED) is 0.714. The molecular formula is C18H22ClNO3S. The third kappa shape index (κ3) is 5.91. The van der Waals surface area contributed by atoms with Gasteiger partial charge in [0.15, 0.2) is 0 Å². The summed E-state index contributed by atoms with van der Waals surface area (Å²) in [6.45, 7) is 0.401. The summed E-state index contributed by atoms with van der Waals surface area (Å²) in [6.07, 6.45) is 1.24. The van der Waals surface area contributed by atoms with Crippen LogP contribution in [0.5, 0.6) is 0 Å². The summed E-state index contributed by atoms with van der Waals surface area (Å²) in [5.74, 6) is -0.0120. The maximum absolute atomic E-state index is 12.2. The van der Waals surface area contributed by atoms with Crippen LogP contribution in [0.3, 0.4) is 0 Å². The van der Waals surface area contributed by atoms with Crippen molar-refractivity contribution in [2.24, 2.45) is 0 Å². The lowest BCUT2D eigenvalue weighted by Gasteiger charge is -2.17. The SMILES string of the molecule is O=S(=O)(Cc1ccccc1Cl)NCCC(CCO)c1ccccc1. The van der Waals surface area contributed by atoms with Crippen LogP contribution in [0.4, 0.5) is 0 Å². The van der Waals surface area contributed by atoms with Gasteiger partial charge in [0.2, 0.25) is 10.0 Å². The topological polar surface area (TPSA) is 66.4 Å². The lowest BCUT2D eigenvalue weighted by molar-refractivity contribution is 0.273. The van der Waals surface area contributed by atoms with Gasteiger partial charge in [0.25, 0.3) is 0 Å². The highest BCUT2D eigenvalue weighted by atomic mass is 35.5. The number of sulfonamides is 1. The van der Waals surface area contributed by atoms with E-state index in [0.717, 1.165) is 5.56 Å². The van der Waals surface area contributed by atoms with Gasteiger partial charge in [0.1, 0.15) is 0 Å². The van der Waals surface area contributed by atoms with E-state index in [0.29, 0.717) is 30.0 Å². The van der Waals surface area contributed by atoms with Gasteiger partial charge in [-0.1, -0.05) is 60.1 Å². The molecular weight excluding hydrogens is 346 g/mol. The molecule has 0 saturated carbocycles. The van der Waals surface area contributed by atoms with Crippen LogP contribution >= 0.6 is 11.6 Å². The number of aliphatic hydroxyl groups is 1. The number of aliphatic hydroxyl groups excluding tert-OH is 1. The van der Waals surface area contributed by atoms with Gasteiger partial charge >= 0.3 is 0 Å². The molecule has 0 bridgehead atoms. The minimum Gasteiger partial charge on any atom is -0.396 e. The van der Waals surface area contributed by atoms with Crippen LogP contribution in [0.15, 0.2) is 54.6 Å². The highest BCUT2D eigenvalue weighted by Crippen LogP contribution is 2.23. The fourth-order valence-electron chi connectivity index (χ4n) is 2.62. The summed E-state index contributed by atoms with van der Waals surface area (Å²) in [6, 6.07) is 16.7. The summed E-state index contributed by atoms with van der Waals surface area (Å²) >= 11 is 6.02. The lowest BCUT2D eigenvalue weighted by atomic mass is 9.93. The van der Waals surface area contributed by atoms with Gasteiger partial charge in [-0.3, -0.25) is 0 Å². The Morgan fingerprint density at radius 3 is 2.33 bits per heavy atom. The van der Waals surface area contributed by atoms with E-state index in [1.807, 2.05) is 30.3 Å². The first-order valence-electron chi connectivity index (χ1n) is 7.88. The molecule has 1 unspecified atom stereocenters. The fraction of sp³-hybridized carbons (Fsp3) is 0.333. The average Bonchev–Trinajstić information content (AvgIpc) is 2.57. The normalized spacial score (nSPS) is 12.9. The summed E-state index contributed by atoms with van der Waals surface area (Å²) in [5, 5.41) is 9.68. The molecule has 4 nitrogen and oxygen atoms in total. The maximum Gasteiger partial charge on any atom is 0.215 e. The van der Waals surface area contributed by atoms with E-state index in [4.69, 9.17) is 11.6 Å². The Balaban J connectivity index is 1.92. The lowest BCUT2D eigenvalue weighted by Crippen LogP contribution is -2.27. The molecule has 2 aromatic rings. The molecule has 0 aliphatic carbocycles. The molecule has 2 N–H and O–H groups in total. The first-order valence-corrected chi connectivity index (χ1v) is 9.91. The first-order chi connectivity index (χ1) is 11.5.